The van der Waals surface area contributed by atoms with E-state index in [4.69, 9.17) is 31.9 Å². The number of benzene rings is 1. The summed E-state index contributed by atoms with van der Waals surface area (Å²) in [6, 6.07) is 1.99. The van der Waals surface area contributed by atoms with E-state index in [0.29, 0.717) is 5.56 Å². The Labute approximate surface area is 179 Å². The van der Waals surface area contributed by atoms with Crippen LogP contribution in [0.2, 0.25) is 0 Å². The van der Waals surface area contributed by atoms with Crippen molar-refractivity contribution in [2.75, 3.05) is 18.1 Å². The van der Waals surface area contributed by atoms with Gasteiger partial charge in [-0.15, -0.1) is 0 Å². The zero-order valence-electron chi connectivity index (χ0n) is 15.6. The molecule has 10 N–H and O–H groups in total. The van der Waals surface area contributed by atoms with Crippen LogP contribution in [0.5, 0.6) is 5.75 Å². The van der Waals surface area contributed by atoms with Gasteiger partial charge in [0, 0.05) is 23.6 Å². The Hall–Kier alpha value is -2.52. The summed E-state index contributed by atoms with van der Waals surface area (Å²) in [5.41, 5.74) is 10.8. The number of carbonyl (C=O) groups is 4. The third kappa shape index (κ3) is 12.1. The van der Waals surface area contributed by atoms with Gasteiger partial charge in [0.25, 0.3) is 0 Å². The Kier molecular flexibility index (Phi) is 13.2. The molecule has 0 saturated carbocycles. The molecule has 0 amide bonds. The fourth-order valence-electron chi connectivity index (χ4n) is 1.55. The quantitative estimate of drug-likeness (QED) is 0.143. The zero-order chi connectivity index (χ0) is 23.3. The van der Waals surface area contributed by atoms with E-state index in [0.717, 1.165) is 0 Å². The van der Waals surface area contributed by atoms with E-state index in [1.165, 1.54) is 39.8 Å². The van der Waals surface area contributed by atoms with Crippen LogP contribution in [0.4, 0.5) is 0 Å². The van der Waals surface area contributed by atoms with E-state index in [2.05, 4.69) is 5.32 Å². The molecular formula is C16H23N3O9S2. The van der Waals surface area contributed by atoms with Gasteiger partial charge in [0.05, 0.1) is 12.1 Å². The summed E-state index contributed by atoms with van der Waals surface area (Å²) in [6.45, 7) is -0.157. The van der Waals surface area contributed by atoms with Crippen molar-refractivity contribution in [2.45, 2.75) is 18.6 Å². The van der Waals surface area contributed by atoms with E-state index in [-0.39, 0.29) is 35.9 Å². The predicted octanol–water partition coefficient (Wildman–Crippen LogP) is -0.544. The number of nitrogens with two attached hydrogens (primary N) is 2. The second-order valence-electron chi connectivity index (χ2n) is 5.60. The Morgan fingerprint density at radius 3 is 1.83 bits per heavy atom. The number of aliphatic carboxylic acids is 3. The molecule has 12 nitrogen and oxygen atoms in total. The van der Waals surface area contributed by atoms with Gasteiger partial charge in [0.2, 0.25) is 0 Å². The van der Waals surface area contributed by atoms with Crippen molar-refractivity contribution in [1.82, 2.24) is 5.32 Å². The molecule has 0 aliphatic carbocycles. The fourth-order valence-corrected chi connectivity index (χ4v) is 3.78. The molecule has 0 spiro atoms. The van der Waals surface area contributed by atoms with Crippen LogP contribution >= 0.6 is 21.6 Å². The van der Waals surface area contributed by atoms with E-state index < -0.39 is 36.0 Å². The van der Waals surface area contributed by atoms with E-state index >= 15 is 0 Å². The number of hydrogen-bond acceptors (Lipinski definition) is 10. The first-order valence-corrected chi connectivity index (χ1v) is 10.6. The van der Waals surface area contributed by atoms with Gasteiger partial charge in [0.15, 0.2) is 0 Å². The second-order valence-corrected chi connectivity index (χ2v) is 8.16. The highest BCUT2D eigenvalue weighted by Crippen LogP contribution is 2.22. The smallest absolute Gasteiger partial charge is 0.335 e. The Balaban J connectivity index is 0.000000567. The van der Waals surface area contributed by atoms with Crippen LogP contribution in [0.3, 0.4) is 0 Å². The summed E-state index contributed by atoms with van der Waals surface area (Å²) >= 11 is 0. The summed E-state index contributed by atoms with van der Waals surface area (Å²) in [6.07, 6.45) is 0. The van der Waals surface area contributed by atoms with Crippen LogP contribution in [-0.2, 0) is 20.9 Å². The first kappa shape index (κ1) is 27.5. The van der Waals surface area contributed by atoms with Crippen molar-refractivity contribution < 1.29 is 44.7 Å². The molecule has 0 aromatic heterocycles. The lowest BCUT2D eigenvalue weighted by Crippen LogP contribution is -2.33. The number of rotatable bonds is 12. The molecular weight excluding hydrogens is 442 g/mol. The van der Waals surface area contributed by atoms with Crippen LogP contribution in [0.15, 0.2) is 18.2 Å². The first-order chi connectivity index (χ1) is 14.0. The highest BCUT2D eigenvalue weighted by molar-refractivity contribution is 8.76. The van der Waals surface area contributed by atoms with Crippen molar-refractivity contribution >= 4 is 45.5 Å². The molecule has 1 aromatic carbocycles. The molecule has 0 aliphatic rings. The van der Waals surface area contributed by atoms with Crippen molar-refractivity contribution in [3.8, 4) is 5.75 Å². The van der Waals surface area contributed by atoms with E-state index in [9.17, 15) is 24.3 Å². The van der Waals surface area contributed by atoms with Gasteiger partial charge >= 0.3 is 23.9 Å². The van der Waals surface area contributed by atoms with Gasteiger partial charge in [0.1, 0.15) is 17.8 Å². The fraction of sp³-hybridized carbons (Fsp3) is 0.375. The van der Waals surface area contributed by atoms with Gasteiger partial charge < -0.3 is 42.3 Å². The maximum Gasteiger partial charge on any atom is 0.335 e. The van der Waals surface area contributed by atoms with Crippen LogP contribution in [0, 0.1) is 0 Å². The molecule has 1 rings (SSSR count). The molecule has 2 atom stereocenters. The lowest BCUT2D eigenvalue weighted by Gasteiger charge is -2.07. The summed E-state index contributed by atoms with van der Waals surface area (Å²) in [4.78, 5) is 41.4. The monoisotopic (exact) mass is 465 g/mol. The summed E-state index contributed by atoms with van der Waals surface area (Å²) in [5, 5.41) is 45.9. The van der Waals surface area contributed by atoms with Gasteiger partial charge in [-0.1, -0.05) is 21.6 Å². The van der Waals surface area contributed by atoms with Gasteiger partial charge in [-0.2, -0.15) is 0 Å². The SMILES string of the molecule is NC(CSSCC(N)C(=O)O)C(=O)O.O=C(O)CNCc1cc(C(=O)O)ccc1O. The van der Waals surface area contributed by atoms with Gasteiger partial charge in [-0.25, -0.2) is 4.79 Å². The highest BCUT2D eigenvalue weighted by atomic mass is 33.1. The lowest BCUT2D eigenvalue weighted by molar-refractivity contribution is -0.138. The number of phenols is 1. The largest absolute Gasteiger partial charge is 0.508 e. The van der Waals surface area contributed by atoms with Crippen molar-refractivity contribution in [2.24, 2.45) is 11.5 Å². The minimum Gasteiger partial charge on any atom is -0.508 e. The van der Waals surface area contributed by atoms with Crippen molar-refractivity contribution in [3.05, 3.63) is 29.3 Å². The third-order valence-electron chi connectivity index (χ3n) is 3.13. The number of aromatic hydroxyl groups is 1. The maximum absolute atomic E-state index is 10.7. The van der Waals surface area contributed by atoms with Crippen molar-refractivity contribution in [3.63, 3.8) is 0 Å². The first-order valence-electron chi connectivity index (χ1n) is 8.14. The number of carboxylic acid groups (broad SMARTS) is 4. The molecule has 168 valence electrons. The third-order valence-corrected chi connectivity index (χ3v) is 5.60. The number of hydrogen-bond donors (Lipinski definition) is 8. The maximum atomic E-state index is 10.7. The molecule has 0 fully saturated rings. The van der Waals surface area contributed by atoms with Crippen LogP contribution in [0.1, 0.15) is 15.9 Å². The van der Waals surface area contributed by atoms with Gasteiger partial charge in [-0.05, 0) is 18.2 Å². The molecule has 1 aromatic rings. The average Bonchev–Trinajstić information content (AvgIpc) is 2.66. The Morgan fingerprint density at radius 2 is 1.43 bits per heavy atom. The summed E-state index contributed by atoms with van der Waals surface area (Å²) in [5.74, 6) is -3.86. The highest BCUT2D eigenvalue weighted by Gasteiger charge is 2.14. The van der Waals surface area contributed by atoms with E-state index in [1.807, 2.05) is 0 Å². The molecule has 14 heteroatoms. The second kappa shape index (κ2) is 14.5. The standard InChI is InChI=1S/C10H11NO5.C6H12N2O4S2/c12-8-2-1-6(10(15)16)3-7(8)4-11-5-9(13)14;7-3(5(9)10)1-13-14-2-4(8)6(11)12/h1-3,11-12H,4-5H2,(H,13,14)(H,15,16);3-4H,1-2,7-8H2,(H,9,10)(H,11,12). The average molecular weight is 466 g/mol. The minimum absolute atomic E-state index is 0.0462. The normalized spacial score (nSPS) is 12.2. The number of phenolic OH excluding ortho intramolecular Hbond substituents is 1. The number of carboxylic acids is 4. The predicted molar refractivity (Wildman–Crippen MR) is 111 cm³/mol. The Bertz CT molecular complexity index is 727. The Morgan fingerprint density at radius 1 is 0.933 bits per heavy atom. The molecule has 0 heterocycles. The van der Waals surface area contributed by atoms with Gasteiger partial charge in [-0.3, -0.25) is 14.4 Å². The molecule has 0 radical (unpaired) electrons. The molecule has 2 unspecified atom stereocenters. The number of aromatic carboxylic acids is 1. The lowest BCUT2D eigenvalue weighted by atomic mass is 10.1. The molecule has 0 aliphatic heterocycles. The zero-order valence-corrected chi connectivity index (χ0v) is 17.2. The molecule has 30 heavy (non-hydrogen) atoms. The number of nitrogens with one attached hydrogen (secondary N) is 1. The molecule has 0 saturated heterocycles. The van der Waals surface area contributed by atoms with E-state index in [1.54, 1.807) is 0 Å². The van der Waals surface area contributed by atoms with Crippen molar-refractivity contribution in [1.29, 1.82) is 0 Å². The summed E-state index contributed by atoms with van der Waals surface area (Å²) < 4.78 is 0. The van der Waals surface area contributed by atoms with Crippen LogP contribution in [-0.4, -0.2) is 79.5 Å². The minimum atomic E-state index is -1.10. The topological polar surface area (TPSA) is 233 Å². The van der Waals surface area contributed by atoms with Crippen LogP contribution < -0.4 is 16.8 Å². The van der Waals surface area contributed by atoms with Crippen LogP contribution in [0.25, 0.3) is 0 Å². The summed E-state index contributed by atoms with van der Waals surface area (Å²) in [7, 11) is 2.41. The molecule has 0 bridgehead atoms.